The van der Waals surface area contributed by atoms with Gasteiger partial charge in [0.25, 0.3) is 0 Å². The fraction of sp³-hybridized carbons (Fsp3) is 0.261. The first-order chi connectivity index (χ1) is 14.8. The van der Waals surface area contributed by atoms with E-state index in [9.17, 15) is 4.79 Å². The Bertz CT molecular complexity index is 966. The van der Waals surface area contributed by atoms with E-state index in [1.54, 1.807) is 68.7 Å². The first-order valence-electron chi connectivity index (χ1n) is 9.90. The predicted molar refractivity (Wildman–Crippen MR) is 121 cm³/mol. The number of hydrogen-bond donors (Lipinski definition) is 3. The van der Waals surface area contributed by atoms with Crippen molar-refractivity contribution < 1.29 is 24.4 Å². The van der Waals surface area contributed by atoms with Crippen molar-refractivity contribution in [2.75, 3.05) is 13.7 Å². The van der Waals surface area contributed by atoms with Gasteiger partial charge < -0.3 is 25.3 Å². The van der Waals surface area contributed by atoms with Crippen LogP contribution in [0.25, 0.3) is 0 Å². The molecule has 0 heterocycles. The zero-order valence-electron chi connectivity index (χ0n) is 18.2. The smallest absolute Gasteiger partial charge is 0.338 e. The van der Waals surface area contributed by atoms with Gasteiger partial charge in [-0.2, -0.15) is 0 Å². The maximum Gasteiger partial charge on any atom is 0.338 e. The minimum Gasteiger partial charge on any atom is -0.491 e. The van der Waals surface area contributed by atoms with Crippen molar-refractivity contribution in [2.45, 2.75) is 26.9 Å². The lowest BCUT2D eigenvalue weighted by Crippen LogP contribution is -2.38. The molecule has 2 aromatic rings. The first kappa shape index (κ1) is 23.5. The van der Waals surface area contributed by atoms with Gasteiger partial charge >= 0.3 is 11.8 Å². The normalized spacial score (nSPS) is 11.5. The lowest BCUT2D eigenvalue weighted by atomic mass is 10.1. The number of hydrogen-bond acceptors (Lipinski definition) is 5. The number of carbonyl (C=O) groups is 1. The molecule has 0 bridgehead atoms. The van der Waals surface area contributed by atoms with E-state index in [0.717, 1.165) is 0 Å². The van der Waals surface area contributed by atoms with Crippen molar-refractivity contribution in [1.82, 2.24) is 5.32 Å². The van der Waals surface area contributed by atoms with Crippen LogP contribution in [0.4, 0.5) is 0 Å². The molecule has 0 aromatic heterocycles. The topological polar surface area (TPSA) is 121 Å². The molecule has 31 heavy (non-hydrogen) atoms. The van der Waals surface area contributed by atoms with E-state index in [4.69, 9.17) is 25.4 Å². The van der Waals surface area contributed by atoms with Crippen molar-refractivity contribution >= 4 is 17.6 Å². The number of nitrogens with zero attached hydrogens (tertiary/aromatic N) is 1. The zero-order chi connectivity index (χ0) is 22.8. The Morgan fingerprint density at radius 2 is 1.81 bits per heavy atom. The van der Waals surface area contributed by atoms with E-state index in [0.29, 0.717) is 35.0 Å². The van der Waals surface area contributed by atoms with Crippen LogP contribution in [0.5, 0.6) is 17.2 Å². The maximum absolute atomic E-state index is 11.8. The Kier molecular flexibility index (Phi) is 8.63. The molecule has 0 spiro atoms. The quantitative estimate of drug-likeness (QED) is 0.321. The number of nitrogens with two attached hydrogens (primary N) is 2. The molecule has 0 saturated carbocycles. The van der Waals surface area contributed by atoms with E-state index >= 15 is 0 Å². The van der Waals surface area contributed by atoms with Crippen molar-refractivity contribution in [3.05, 3.63) is 65.9 Å². The lowest BCUT2D eigenvalue weighted by Gasteiger charge is -2.13. The maximum atomic E-state index is 11.8. The molecule has 8 heteroatoms. The summed E-state index contributed by atoms with van der Waals surface area (Å²) in [6, 6.07) is 11.9. The molecule has 2 rings (SSSR count). The van der Waals surface area contributed by atoms with Crippen LogP contribution < -0.4 is 25.9 Å². The molecule has 164 valence electrons. The summed E-state index contributed by atoms with van der Waals surface area (Å²) in [5.74, 6) is 1.70. The van der Waals surface area contributed by atoms with Gasteiger partial charge in [-0.25, -0.2) is 4.79 Å². The van der Waals surface area contributed by atoms with E-state index in [1.807, 2.05) is 13.8 Å². The average Bonchev–Trinajstić information content (AvgIpc) is 2.72. The van der Waals surface area contributed by atoms with Gasteiger partial charge in [-0.3, -0.25) is 5.41 Å². The molecule has 8 nitrogen and oxygen atoms in total. The molecule has 0 aliphatic rings. The van der Waals surface area contributed by atoms with Crippen molar-refractivity contribution in [3.8, 4) is 17.2 Å². The fourth-order valence-electron chi connectivity index (χ4n) is 2.54. The Labute approximate surface area is 182 Å². The van der Waals surface area contributed by atoms with Gasteiger partial charge in [0.1, 0.15) is 17.2 Å². The van der Waals surface area contributed by atoms with Crippen molar-refractivity contribution in [2.24, 2.45) is 10.7 Å². The van der Waals surface area contributed by atoms with Crippen LogP contribution in [-0.2, 0) is 4.74 Å². The highest BCUT2D eigenvalue weighted by atomic mass is 16.5. The molecule has 0 radical (unpaired) electrons. The summed E-state index contributed by atoms with van der Waals surface area (Å²) in [4.78, 5) is 16.0. The molecule has 0 amide bonds. The molecule has 5 N–H and O–H groups in total. The molecular weight excluding hydrogens is 396 g/mol. The Morgan fingerprint density at radius 3 is 2.42 bits per heavy atom. The summed E-state index contributed by atoms with van der Waals surface area (Å²) in [6.45, 7) is 5.93. The van der Waals surface area contributed by atoms with Gasteiger partial charge in [0.15, 0.2) is 0 Å². The number of aliphatic imine (C=N–C) groups is 1. The van der Waals surface area contributed by atoms with Gasteiger partial charge in [-0.05, 0) is 62.2 Å². The molecular formula is C23H29N4O4+. The fourth-order valence-corrected chi connectivity index (χ4v) is 2.54. The SMILES string of the molecule is CCOC(=O)c1ccc(Oc2cc(OC(C)C)cc(C(N)=NC(=[NH2+])/C=C\NC)c2)cc1. The summed E-state index contributed by atoms with van der Waals surface area (Å²) < 4.78 is 16.8. The van der Waals surface area contributed by atoms with Gasteiger partial charge in [-0.15, -0.1) is 0 Å². The second-order valence-electron chi connectivity index (χ2n) is 6.75. The van der Waals surface area contributed by atoms with Crippen LogP contribution in [0.3, 0.4) is 0 Å². The van der Waals surface area contributed by atoms with Crippen molar-refractivity contribution in [1.29, 1.82) is 0 Å². The van der Waals surface area contributed by atoms with Gasteiger partial charge in [0.05, 0.1) is 23.8 Å². The molecule has 0 saturated heterocycles. The summed E-state index contributed by atoms with van der Waals surface area (Å²) in [7, 11) is 1.76. The molecule has 0 unspecified atom stereocenters. The second-order valence-corrected chi connectivity index (χ2v) is 6.75. The standard InChI is InChI=1S/C23H28N4O4/c1-5-29-23(28)16-6-8-18(9-7-16)31-20-13-17(12-19(14-20)30-15(2)3)22(25)27-21(24)10-11-26-4/h6-15,26H,5H2,1-4H3,(H3,24,25,27)/p+1/b11-10-. The third-order valence-corrected chi connectivity index (χ3v) is 3.82. The zero-order valence-corrected chi connectivity index (χ0v) is 18.2. The van der Waals surface area contributed by atoms with E-state index in [2.05, 4.69) is 10.3 Å². The summed E-state index contributed by atoms with van der Waals surface area (Å²) in [6.07, 6.45) is 3.21. The number of nitrogens with one attached hydrogen (secondary N) is 1. The highest BCUT2D eigenvalue weighted by Crippen LogP contribution is 2.28. The molecule has 0 atom stereocenters. The molecule has 0 aliphatic heterocycles. The number of benzene rings is 2. The second kappa shape index (κ2) is 11.4. The van der Waals surface area contributed by atoms with Crippen LogP contribution in [-0.4, -0.2) is 37.4 Å². The Hall–Kier alpha value is -3.81. The Morgan fingerprint density at radius 1 is 1.13 bits per heavy atom. The predicted octanol–water partition coefficient (Wildman–Crippen LogP) is 2.04. The number of esters is 1. The number of carbonyl (C=O) groups excluding carboxylic acids is 1. The van der Waals surface area contributed by atoms with Gasteiger partial charge in [0.2, 0.25) is 5.84 Å². The average molecular weight is 426 g/mol. The van der Waals surface area contributed by atoms with E-state index in [1.165, 1.54) is 0 Å². The van der Waals surface area contributed by atoms with Crippen LogP contribution in [0.1, 0.15) is 36.7 Å². The molecule has 0 fully saturated rings. The molecule has 0 aliphatic carbocycles. The Balaban J connectivity index is 2.31. The summed E-state index contributed by atoms with van der Waals surface area (Å²) in [5, 5.41) is 8.70. The minimum absolute atomic E-state index is 0.0414. The van der Waals surface area contributed by atoms with Gasteiger partial charge in [0, 0.05) is 25.4 Å². The first-order valence-corrected chi connectivity index (χ1v) is 9.90. The van der Waals surface area contributed by atoms with Crippen LogP contribution in [0.15, 0.2) is 59.7 Å². The largest absolute Gasteiger partial charge is 0.491 e. The lowest BCUT2D eigenvalue weighted by molar-refractivity contribution is -0.113. The number of amidine groups is 2. The van der Waals surface area contributed by atoms with Crippen LogP contribution >= 0.6 is 0 Å². The van der Waals surface area contributed by atoms with Gasteiger partial charge in [-0.1, -0.05) is 0 Å². The van der Waals surface area contributed by atoms with Crippen LogP contribution in [0, 0.1) is 0 Å². The highest BCUT2D eigenvalue weighted by molar-refractivity contribution is 6.07. The highest BCUT2D eigenvalue weighted by Gasteiger charge is 2.13. The minimum atomic E-state index is -0.381. The van der Waals surface area contributed by atoms with Crippen molar-refractivity contribution in [3.63, 3.8) is 0 Å². The molecule has 2 aromatic carbocycles. The van der Waals surface area contributed by atoms with E-state index in [-0.39, 0.29) is 23.7 Å². The van der Waals surface area contributed by atoms with E-state index < -0.39 is 0 Å². The summed E-state index contributed by atoms with van der Waals surface area (Å²) in [5.41, 5.74) is 7.19. The third-order valence-electron chi connectivity index (χ3n) is 3.82. The summed E-state index contributed by atoms with van der Waals surface area (Å²) >= 11 is 0. The number of rotatable bonds is 9. The monoisotopic (exact) mass is 425 g/mol. The number of ether oxygens (including phenoxy) is 3. The third kappa shape index (κ3) is 7.50. The van der Waals surface area contributed by atoms with Crippen LogP contribution in [0.2, 0.25) is 0 Å².